The van der Waals surface area contributed by atoms with Crippen molar-refractivity contribution in [2.45, 2.75) is 26.3 Å². The number of amides is 1. The van der Waals surface area contributed by atoms with E-state index in [1.807, 2.05) is 20.8 Å². The molecule has 14 heavy (non-hydrogen) atoms. The van der Waals surface area contributed by atoms with Gasteiger partial charge in [0.1, 0.15) is 0 Å². The molecule has 5 nitrogen and oxygen atoms in total. The molecule has 0 aliphatic rings. The van der Waals surface area contributed by atoms with E-state index < -0.39 is 5.91 Å². The minimum atomic E-state index is -0.521. The molecular formula is C9H14N4O. The van der Waals surface area contributed by atoms with Gasteiger partial charge in [0.25, 0.3) is 5.91 Å². The standard InChI is InChI=1S/C9H14N4O/c1-9(2,3)13-8-11-4-6(5-12-8)7(10)14/h4-5H,1-3H3,(H2,10,14)(H,11,12,13). The molecule has 0 saturated heterocycles. The van der Waals surface area contributed by atoms with Crippen LogP contribution in [0.15, 0.2) is 12.4 Å². The molecule has 0 aromatic carbocycles. The van der Waals surface area contributed by atoms with Crippen LogP contribution in [-0.4, -0.2) is 21.4 Å². The van der Waals surface area contributed by atoms with Crippen molar-refractivity contribution in [3.63, 3.8) is 0 Å². The smallest absolute Gasteiger partial charge is 0.251 e. The maximum atomic E-state index is 10.7. The molecule has 1 amide bonds. The van der Waals surface area contributed by atoms with Crippen LogP contribution in [0.2, 0.25) is 0 Å². The molecule has 0 saturated carbocycles. The quantitative estimate of drug-likeness (QED) is 0.729. The van der Waals surface area contributed by atoms with Gasteiger partial charge in [-0.3, -0.25) is 4.79 Å². The normalized spacial score (nSPS) is 11.1. The Morgan fingerprint density at radius 1 is 1.36 bits per heavy atom. The summed E-state index contributed by atoms with van der Waals surface area (Å²) in [4.78, 5) is 18.6. The Hall–Kier alpha value is -1.65. The van der Waals surface area contributed by atoms with Crippen LogP contribution >= 0.6 is 0 Å². The molecule has 0 atom stereocenters. The molecule has 5 heteroatoms. The second kappa shape index (κ2) is 3.61. The molecule has 1 aromatic heterocycles. The zero-order chi connectivity index (χ0) is 10.8. The first kappa shape index (κ1) is 10.4. The van der Waals surface area contributed by atoms with Gasteiger partial charge in [-0.15, -0.1) is 0 Å². The van der Waals surface area contributed by atoms with Gasteiger partial charge < -0.3 is 11.1 Å². The fourth-order valence-electron chi connectivity index (χ4n) is 0.855. The number of primary amides is 1. The summed E-state index contributed by atoms with van der Waals surface area (Å²) in [5.74, 6) is -0.0326. The molecule has 0 bridgehead atoms. The summed E-state index contributed by atoms with van der Waals surface area (Å²) >= 11 is 0. The van der Waals surface area contributed by atoms with Gasteiger partial charge in [-0.25, -0.2) is 9.97 Å². The van der Waals surface area contributed by atoms with Crippen LogP contribution in [0.1, 0.15) is 31.1 Å². The molecule has 0 fully saturated rings. The van der Waals surface area contributed by atoms with E-state index in [2.05, 4.69) is 15.3 Å². The van der Waals surface area contributed by atoms with Crippen molar-refractivity contribution in [2.24, 2.45) is 5.73 Å². The predicted molar refractivity (Wildman–Crippen MR) is 53.9 cm³/mol. The highest BCUT2D eigenvalue weighted by Crippen LogP contribution is 2.08. The minimum absolute atomic E-state index is 0.103. The van der Waals surface area contributed by atoms with E-state index >= 15 is 0 Å². The van der Waals surface area contributed by atoms with E-state index in [1.165, 1.54) is 12.4 Å². The highest BCUT2D eigenvalue weighted by Gasteiger charge is 2.11. The molecule has 3 N–H and O–H groups in total. The third-order valence-corrected chi connectivity index (χ3v) is 1.42. The first-order chi connectivity index (χ1) is 6.38. The Balaban J connectivity index is 2.79. The van der Waals surface area contributed by atoms with Gasteiger partial charge in [0, 0.05) is 17.9 Å². The van der Waals surface area contributed by atoms with Gasteiger partial charge in [-0.2, -0.15) is 0 Å². The van der Waals surface area contributed by atoms with Crippen molar-refractivity contribution in [2.75, 3.05) is 5.32 Å². The summed E-state index contributed by atoms with van der Waals surface area (Å²) in [5.41, 5.74) is 5.26. The molecule has 1 aromatic rings. The number of nitrogens with two attached hydrogens (primary N) is 1. The number of rotatable bonds is 2. The topological polar surface area (TPSA) is 80.9 Å². The van der Waals surface area contributed by atoms with Crippen molar-refractivity contribution in [3.8, 4) is 0 Å². The van der Waals surface area contributed by atoms with Gasteiger partial charge in [0.15, 0.2) is 0 Å². The SMILES string of the molecule is CC(C)(C)Nc1ncc(C(N)=O)cn1. The number of carbonyl (C=O) groups excluding carboxylic acids is 1. The Labute approximate surface area is 82.7 Å². The number of anilines is 1. The molecule has 1 heterocycles. The molecule has 0 spiro atoms. The number of nitrogens with zero attached hydrogens (tertiary/aromatic N) is 2. The fourth-order valence-corrected chi connectivity index (χ4v) is 0.855. The van der Waals surface area contributed by atoms with E-state index in [9.17, 15) is 4.79 Å². The lowest BCUT2D eigenvalue weighted by molar-refractivity contribution is 0.0999. The van der Waals surface area contributed by atoms with E-state index in [0.717, 1.165) is 0 Å². The summed E-state index contributed by atoms with van der Waals surface area (Å²) in [5, 5.41) is 3.07. The van der Waals surface area contributed by atoms with Crippen LogP contribution in [0.5, 0.6) is 0 Å². The average molecular weight is 194 g/mol. The molecule has 0 aliphatic carbocycles. The summed E-state index contributed by atoms with van der Waals surface area (Å²) in [6, 6.07) is 0. The van der Waals surface area contributed by atoms with E-state index in [4.69, 9.17) is 5.73 Å². The average Bonchev–Trinajstić information content (AvgIpc) is 2.02. The summed E-state index contributed by atoms with van der Waals surface area (Å²) in [7, 11) is 0. The maximum absolute atomic E-state index is 10.7. The van der Waals surface area contributed by atoms with Gasteiger partial charge in [0.2, 0.25) is 5.95 Å². The molecule has 0 aliphatic heterocycles. The maximum Gasteiger partial charge on any atom is 0.251 e. The Morgan fingerprint density at radius 2 is 1.86 bits per heavy atom. The first-order valence-corrected chi connectivity index (χ1v) is 4.28. The molecule has 0 unspecified atom stereocenters. The van der Waals surface area contributed by atoms with Gasteiger partial charge in [-0.05, 0) is 20.8 Å². The largest absolute Gasteiger partial charge is 0.366 e. The van der Waals surface area contributed by atoms with Crippen LogP contribution < -0.4 is 11.1 Å². The van der Waals surface area contributed by atoms with E-state index in [-0.39, 0.29) is 5.54 Å². The monoisotopic (exact) mass is 194 g/mol. The number of hydrogen-bond donors (Lipinski definition) is 2. The zero-order valence-electron chi connectivity index (χ0n) is 8.53. The van der Waals surface area contributed by atoms with Crippen LogP contribution in [-0.2, 0) is 0 Å². The van der Waals surface area contributed by atoms with Crippen molar-refractivity contribution < 1.29 is 4.79 Å². The predicted octanol–water partition coefficient (Wildman–Crippen LogP) is 0.786. The van der Waals surface area contributed by atoms with E-state index in [1.54, 1.807) is 0 Å². The Kier molecular flexibility index (Phi) is 2.69. The van der Waals surface area contributed by atoms with Gasteiger partial charge in [0.05, 0.1) is 5.56 Å². The first-order valence-electron chi connectivity index (χ1n) is 4.28. The number of carbonyl (C=O) groups is 1. The zero-order valence-corrected chi connectivity index (χ0v) is 8.53. The van der Waals surface area contributed by atoms with Crippen molar-refractivity contribution >= 4 is 11.9 Å². The van der Waals surface area contributed by atoms with Crippen molar-refractivity contribution in [1.29, 1.82) is 0 Å². The number of nitrogens with one attached hydrogen (secondary N) is 1. The Bertz CT molecular complexity index is 326. The molecule has 1 rings (SSSR count). The molecule has 0 radical (unpaired) electrons. The van der Waals surface area contributed by atoms with Gasteiger partial charge >= 0.3 is 0 Å². The summed E-state index contributed by atoms with van der Waals surface area (Å²) < 4.78 is 0. The third kappa shape index (κ3) is 3.01. The van der Waals surface area contributed by atoms with Gasteiger partial charge in [-0.1, -0.05) is 0 Å². The fraction of sp³-hybridized carbons (Fsp3) is 0.444. The molecular weight excluding hydrogens is 180 g/mol. The highest BCUT2D eigenvalue weighted by atomic mass is 16.1. The van der Waals surface area contributed by atoms with Crippen LogP contribution in [0.3, 0.4) is 0 Å². The van der Waals surface area contributed by atoms with Crippen molar-refractivity contribution in [3.05, 3.63) is 18.0 Å². The van der Waals surface area contributed by atoms with Crippen LogP contribution in [0.4, 0.5) is 5.95 Å². The van der Waals surface area contributed by atoms with E-state index in [0.29, 0.717) is 11.5 Å². The Morgan fingerprint density at radius 3 is 2.21 bits per heavy atom. The van der Waals surface area contributed by atoms with Crippen molar-refractivity contribution in [1.82, 2.24) is 9.97 Å². The van der Waals surface area contributed by atoms with Crippen LogP contribution in [0.25, 0.3) is 0 Å². The second-order valence-corrected chi connectivity index (χ2v) is 4.03. The minimum Gasteiger partial charge on any atom is -0.366 e. The number of hydrogen-bond acceptors (Lipinski definition) is 4. The third-order valence-electron chi connectivity index (χ3n) is 1.42. The van der Waals surface area contributed by atoms with Crippen LogP contribution in [0, 0.1) is 0 Å². The molecule has 76 valence electrons. The lowest BCUT2D eigenvalue weighted by atomic mass is 10.1. The lowest BCUT2D eigenvalue weighted by Crippen LogP contribution is -2.27. The second-order valence-electron chi connectivity index (χ2n) is 4.03. The lowest BCUT2D eigenvalue weighted by Gasteiger charge is -2.19. The number of aromatic nitrogens is 2. The highest BCUT2D eigenvalue weighted by molar-refractivity contribution is 5.92. The summed E-state index contributed by atoms with van der Waals surface area (Å²) in [6.07, 6.45) is 2.81. The summed E-state index contributed by atoms with van der Waals surface area (Å²) in [6.45, 7) is 6.00.